The fourth-order valence-corrected chi connectivity index (χ4v) is 2.20. The SMILES string of the molecule is Nc1ccc2c(c1)[C@@H](O)c1ccccc1-2. The molecule has 0 heterocycles. The summed E-state index contributed by atoms with van der Waals surface area (Å²) in [4.78, 5) is 0. The molecule has 0 radical (unpaired) electrons. The number of aliphatic hydroxyl groups excluding tert-OH is 1. The van der Waals surface area contributed by atoms with Crippen LogP contribution in [0.15, 0.2) is 42.5 Å². The second kappa shape index (κ2) is 2.84. The van der Waals surface area contributed by atoms with Crippen molar-refractivity contribution in [3.05, 3.63) is 53.6 Å². The number of anilines is 1. The summed E-state index contributed by atoms with van der Waals surface area (Å²) in [6.45, 7) is 0. The highest BCUT2D eigenvalue weighted by Crippen LogP contribution is 2.43. The highest BCUT2D eigenvalue weighted by molar-refractivity contribution is 5.79. The minimum atomic E-state index is -0.528. The van der Waals surface area contributed by atoms with Crippen LogP contribution in [-0.4, -0.2) is 5.11 Å². The topological polar surface area (TPSA) is 46.2 Å². The first-order valence-electron chi connectivity index (χ1n) is 4.94. The fraction of sp³-hybridized carbons (Fsp3) is 0.0769. The van der Waals surface area contributed by atoms with Crippen molar-refractivity contribution in [2.75, 3.05) is 5.73 Å². The van der Waals surface area contributed by atoms with Gasteiger partial charge in [0.25, 0.3) is 0 Å². The van der Waals surface area contributed by atoms with E-state index in [4.69, 9.17) is 5.73 Å². The third-order valence-corrected chi connectivity index (χ3v) is 2.92. The molecule has 0 amide bonds. The van der Waals surface area contributed by atoms with Crippen molar-refractivity contribution in [3.8, 4) is 11.1 Å². The van der Waals surface area contributed by atoms with Gasteiger partial charge in [0, 0.05) is 5.69 Å². The average Bonchev–Trinajstić information content (AvgIpc) is 2.54. The molecule has 0 unspecified atom stereocenters. The Morgan fingerprint density at radius 2 is 1.67 bits per heavy atom. The monoisotopic (exact) mass is 197 g/mol. The Bertz CT molecular complexity index is 534. The molecule has 2 aromatic rings. The van der Waals surface area contributed by atoms with Crippen molar-refractivity contribution >= 4 is 5.69 Å². The van der Waals surface area contributed by atoms with Gasteiger partial charge in [-0.2, -0.15) is 0 Å². The lowest BCUT2D eigenvalue weighted by atomic mass is 10.1. The van der Waals surface area contributed by atoms with Gasteiger partial charge in [0.1, 0.15) is 6.10 Å². The van der Waals surface area contributed by atoms with Crippen LogP contribution in [0.25, 0.3) is 11.1 Å². The molecule has 0 aliphatic heterocycles. The number of hydrogen-bond acceptors (Lipinski definition) is 2. The van der Waals surface area contributed by atoms with Crippen LogP contribution in [0.2, 0.25) is 0 Å². The minimum Gasteiger partial charge on any atom is -0.399 e. The number of hydrogen-bond donors (Lipinski definition) is 2. The van der Waals surface area contributed by atoms with Gasteiger partial charge in [-0.3, -0.25) is 0 Å². The van der Waals surface area contributed by atoms with Crippen LogP contribution in [0, 0.1) is 0 Å². The second-order valence-electron chi connectivity index (χ2n) is 3.84. The first-order chi connectivity index (χ1) is 7.27. The van der Waals surface area contributed by atoms with Gasteiger partial charge in [-0.25, -0.2) is 0 Å². The van der Waals surface area contributed by atoms with E-state index in [1.807, 2.05) is 42.5 Å². The highest BCUT2D eigenvalue weighted by Gasteiger charge is 2.26. The Morgan fingerprint density at radius 1 is 0.933 bits per heavy atom. The van der Waals surface area contributed by atoms with Crippen molar-refractivity contribution in [3.63, 3.8) is 0 Å². The maximum Gasteiger partial charge on any atom is 0.105 e. The third kappa shape index (κ3) is 1.09. The number of fused-ring (bicyclic) bond motifs is 3. The second-order valence-corrected chi connectivity index (χ2v) is 3.84. The van der Waals surface area contributed by atoms with Crippen molar-refractivity contribution in [2.45, 2.75) is 6.10 Å². The maximum absolute atomic E-state index is 10.1. The van der Waals surface area contributed by atoms with Crippen molar-refractivity contribution < 1.29 is 5.11 Å². The van der Waals surface area contributed by atoms with Crippen LogP contribution in [-0.2, 0) is 0 Å². The van der Waals surface area contributed by atoms with Gasteiger partial charge in [-0.1, -0.05) is 30.3 Å². The quantitative estimate of drug-likeness (QED) is 0.637. The summed E-state index contributed by atoms with van der Waals surface area (Å²) in [5.41, 5.74) is 10.5. The molecule has 2 nitrogen and oxygen atoms in total. The molecular weight excluding hydrogens is 186 g/mol. The predicted octanol–water partition coefficient (Wildman–Crippen LogP) is 2.33. The summed E-state index contributed by atoms with van der Waals surface area (Å²) >= 11 is 0. The Labute approximate surface area is 88.0 Å². The van der Waals surface area contributed by atoms with E-state index < -0.39 is 6.10 Å². The molecule has 1 aliphatic rings. The van der Waals surface area contributed by atoms with Crippen LogP contribution in [0.1, 0.15) is 17.2 Å². The summed E-state index contributed by atoms with van der Waals surface area (Å²) in [7, 11) is 0. The molecule has 0 saturated heterocycles. The number of benzene rings is 2. The first kappa shape index (κ1) is 8.50. The molecule has 1 aliphatic carbocycles. The van der Waals surface area contributed by atoms with Crippen molar-refractivity contribution in [1.82, 2.24) is 0 Å². The van der Waals surface area contributed by atoms with E-state index in [1.165, 1.54) is 0 Å². The molecule has 1 atom stereocenters. The van der Waals surface area contributed by atoms with Crippen LogP contribution in [0.3, 0.4) is 0 Å². The number of rotatable bonds is 0. The Morgan fingerprint density at radius 3 is 2.53 bits per heavy atom. The average molecular weight is 197 g/mol. The standard InChI is InChI=1S/C13H11NO/c14-8-5-6-10-9-3-1-2-4-11(9)13(15)12(10)7-8/h1-7,13,15H,14H2/t13-/m0/s1. The zero-order valence-electron chi connectivity index (χ0n) is 8.14. The zero-order valence-corrected chi connectivity index (χ0v) is 8.14. The van der Waals surface area contributed by atoms with Gasteiger partial charge in [0.15, 0.2) is 0 Å². The van der Waals surface area contributed by atoms with Gasteiger partial charge in [0.2, 0.25) is 0 Å². The van der Waals surface area contributed by atoms with Crippen LogP contribution in [0.5, 0.6) is 0 Å². The molecule has 0 spiro atoms. The van der Waals surface area contributed by atoms with Crippen LogP contribution in [0.4, 0.5) is 5.69 Å². The van der Waals surface area contributed by atoms with E-state index in [1.54, 1.807) is 0 Å². The summed E-state index contributed by atoms with van der Waals surface area (Å²) in [5.74, 6) is 0. The maximum atomic E-state index is 10.1. The molecule has 2 heteroatoms. The summed E-state index contributed by atoms with van der Waals surface area (Å²) in [5, 5.41) is 10.1. The van der Waals surface area contributed by atoms with Gasteiger partial charge < -0.3 is 10.8 Å². The van der Waals surface area contributed by atoms with E-state index in [2.05, 4.69) is 0 Å². The molecular formula is C13H11NO. The Hall–Kier alpha value is -1.80. The van der Waals surface area contributed by atoms with Gasteiger partial charge in [-0.15, -0.1) is 0 Å². The zero-order chi connectivity index (χ0) is 10.4. The van der Waals surface area contributed by atoms with Gasteiger partial charge in [-0.05, 0) is 34.4 Å². The molecule has 3 rings (SSSR count). The minimum absolute atomic E-state index is 0.528. The van der Waals surface area contributed by atoms with Crippen LogP contribution >= 0.6 is 0 Å². The summed E-state index contributed by atoms with van der Waals surface area (Å²) in [6, 6.07) is 13.6. The molecule has 2 aromatic carbocycles. The number of aliphatic hydroxyl groups is 1. The van der Waals surface area contributed by atoms with E-state index in [0.717, 1.165) is 22.3 Å². The molecule has 74 valence electrons. The smallest absolute Gasteiger partial charge is 0.105 e. The third-order valence-electron chi connectivity index (χ3n) is 2.92. The first-order valence-corrected chi connectivity index (χ1v) is 4.94. The van der Waals surface area contributed by atoms with Crippen molar-refractivity contribution in [1.29, 1.82) is 0 Å². The highest BCUT2D eigenvalue weighted by atomic mass is 16.3. The molecule has 0 fully saturated rings. The molecule has 15 heavy (non-hydrogen) atoms. The van der Waals surface area contributed by atoms with E-state index >= 15 is 0 Å². The normalized spacial score (nSPS) is 17.3. The largest absolute Gasteiger partial charge is 0.399 e. The van der Waals surface area contributed by atoms with E-state index in [0.29, 0.717) is 5.69 Å². The fourth-order valence-electron chi connectivity index (χ4n) is 2.20. The molecule has 0 aromatic heterocycles. The lowest BCUT2D eigenvalue weighted by molar-refractivity contribution is 0.225. The van der Waals surface area contributed by atoms with Gasteiger partial charge in [0.05, 0.1) is 0 Å². The summed E-state index contributed by atoms with van der Waals surface area (Å²) in [6.07, 6.45) is -0.528. The number of nitrogen functional groups attached to an aromatic ring is 1. The Kier molecular flexibility index (Phi) is 1.61. The predicted molar refractivity (Wildman–Crippen MR) is 60.4 cm³/mol. The number of nitrogens with two attached hydrogens (primary N) is 1. The van der Waals surface area contributed by atoms with E-state index in [9.17, 15) is 5.11 Å². The molecule has 0 saturated carbocycles. The molecule has 3 N–H and O–H groups in total. The van der Waals surface area contributed by atoms with Gasteiger partial charge >= 0.3 is 0 Å². The van der Waals surface area contributed by atoms with E-state index in [-0.39, 0.29) is 0 Å². The van der Waals surface area contributed by atoms with Crippen LogP contribution < -0.4 is 5.73 Å². The van der Waals surface area contributed by atoms with Crippen molar-refractivity contribution in [2.24, 2.45) is 0 Å². The lowest BCUT2D eigenvalue weighted by Gasteiger charge is -2.05. The Balaban J connectivity index is 2.32. The summed E-state index contributed by atoms with van der Waals surface area (Å²) < 4.78 is 0. The lowest BCUT2D eigenvalue weighted by Crippen LogP contribution is -1.94. The molecule has 0 bridgehead atoms.